The first-order valence-corrected chi connectivity index (χ1v) is 7.95. The van der Waals surface area contributed by atoms with Crippen LogP contribution >= 0.6 is 31.9 Å². The summed E-state index contributed by atoms with van der Waals surface area (Å²) >= 11 is 7.32. The highest BCUT2D eigenvalue weighted by atomic mass is 79.9. The molecule has 0 N–H and O–H groups in total. The molecule has 0 saturated carbocycles. The molecule has 0 amide bonds. The monoisotopic (exact) mass is 350 g/mol. The fourth-order valence-corrected chi connectivity index (χ4v) is 4.34. The van der Waals surface area contributed by atoms with Crippen LogP contribution in [-0.4, -0.2) is 20.4 Å². The Morgan fingerprint density at radius 3 is 2.38 bits per heavy atom. The molecule has 0 fully saturated rings. The van der Waals surface area contributed by atoms with E-state index in [9.17, 15) is 0 Å². The minimum atomic E-state index is 0.279. The molecular formula is C12H20Br2N2. The van der Waals surface area contributed by atoms with Gasteiger partial charge in [-0.05, 0) is 30.2 Å². The Hall–Kier alpha value is 0.170. The minimum Gasteiger partial charge on any atom is -0.273 e. The molecule has 4 heteroatoms. The van der Waals surface area contributed by atoms with Crippen LogP contribution in [0.4, 0.5) is 0 Å². The van der Waals surface area contributed by atoms with Gasteiger partial charge in [-0.15, -0.1) is 0 Å². The highest BCUT2D eigenvalue weighted by Gasteiger charge is 2.32. The Balaban J connectivity index is 2.82. The highest BCUT2D eigenvalue weighted by molar-refractivity contribution is 9.09. The van der Waals surface area contributed by atoms with Gasteiger partial charge in [0.2, 0.25) is 0 Å². The van der Waals surface area contributed by atoms with Gasteiger partial charge < -0.3 is 0 Å². The zero-order valence-electron chi connectivity index (χ0n) is 10.2. The molecule has 1 heterocycles. The lowest BCUT2D eigenvalue weighted by atomic mass is 9.77. The molecule has 0 atom stereocenters. The molecule has 0 aliphatic rings. The summed E-state index contributed by atoms with van der Waals surface area (Å²) in [4.78, 5) is 0. The van der Waals surface area contributed by atoms with Gasteiger partial charge >= 0.3 is 0 Å². The summed E-state index contributed by atoms with van der Waals surface area (Å²) < 4.78 is 1.99. The van der Waals surface area contributed by atoms with Crippen molar-refractivity contribution in [3.05, 3.63) is 18.0 Å². The molecule has 0 bridgehead atoms. The van der Waals surface area contributed by atoms with Crippen LogP contribution in [0.5, 0.6) is 0 Å². The summed E-state index contributed by atoms with van der Waals surface area (Å²) in [7, 11) is 0. The fraction of sp³-hybridized carbons (Fsp3) is 0.750. The summed E-state index contributed by atoms with van der Waals surface area (Å²) in [6.07, 6.45) is 5.22. The van der Waals surface area contributed by atoms with Crippen molar-refractivity contribution in [2.24, 2.45) is 11.3 Å². The smallest absolute Gasteiger partial charge is 0.0521 e. The second kappa shape index (κ2) is 6.20. The summed E-state index contributed by atoms with van der Waals surface area (Å²) in [5, 5.41) is 6.36. The molecule has 0 aliphatic carbocycles. The van der Waals surface area contributed by atoms with Crippen LogP contribution in [-0.2, 0) is 13.0 Å². The number of rotatable bonds is 6. The maximum atomic E-state index is 4.33. The van der Waals surface area contributed by atoms with E-state index in [0.717, 1.165) is 23.6 Å². The van der Waals surface area contributed by atoms with Gasteiger partial charge in [-0.25, -0.2) is 0 Å². The number of hydrogen-bond acceptors (Lipinski definition) is 1. The molecule has 1 aromatic rings. The number of nitrogens with zero attached hydrogens (tertiary/aromatic N) is 2. The van der Waals surface area contributed by atoms with Crippen LogP contribution in [0, 0.1) is 11.3 Å². The van der Waals surface area contributed by atoms with E-state index >= 15 is 0 Å². The van der Waals surface area contributed by atoms with E-state index in [0.29, 0.717) is 5.92 Å². The highest BCUT2D eigenvalue weighted by Crippen LogP contribution is 2.35. The molecule has 0 spiro atoms. The summed E-state index contributed by atoms with van der Waals surface area (Å²) in [5.74, 6) is 0.635. The zero-order chi connectivity index (χ0) is 12.2. The molecule has 1 rings (SSSR count). The van der Waals surface area contributed by atoms with Crippen molar-refractivity contribution < 1.29 is 0 Å². The van der Waals surface area contributed by atoms with E-state index in [1.54, 1.807) is 0 Å². The summed E-state index contributed by atoms with van der Waals surface area (Å²) in [5.41, 5.74) is 1.61. The van der Waals surface area contributed by atoms with Crippen molar-refractivity contribution in [1.29, 1.82) is 0 Å². The number of halogens is 2. The number of aromatic nitrogens is 2. The van der Waals surface area contributed by atoms with Crippen molar-refractivity contribution in [3.63, 3.8) is 0 Å². The molecule has 0 aliphatic heterocycles. The van der Waals surface area contributed by atoms with Gasteiger partial charge in [0, 0.05) is 23.4 Å². The topological polar surface area (TPSA) is 17.8 Å². The van der Waals surface area contributed by atoms with E-state index in [-0.39, 0.29) is 5.41 Å². The van der Waals surface area contributed by atoms with Crippen LogP contribution in [0.15, 0.2) is 12.4 Å². The van der Waals surface area contributed by atoms with Crippen molar-refractivity contribution in [1.82, 2.24) is 9.78 Å². The largest absolute Gasteiger partial charge is 0.273 e. The Bertz CT molecular complexity index is 317. The van der Waals surface area contributed by atoms with Crippen molar-refractivity contribution in [2.45, 2.75) is 33.7 Å². The van der Waals surface area contributed by atoms with Crippen LogP contribution < -0.4 is 0 Å². The number of aryl methyl sites for hydroxylation is 1. The first-order chi connectivity index (χ1) is 7.57. The molecule has 92 valence electrons. The average Bonchev–Trinajstić information content (AvgIpc) is 2.73. The van der Waals surface area contributed by atoms with Crippen molar-refractivity contribution in [2.75, 3.05) is 10.7 Å². The predicted octanol–water partition coefficient (Wildman–Crippen LogP) is 3.88. The van der Waals surface area contributed by atoms with E-state index in [4.69, 9.17) is 0 Å². The van der Waals surface area contributed by atoms with Gasteiger partial charge in [-0.1, -0.05) is 45.7 Å². The standard InChI is InChI=1S/C12H20Br2N2/c1-4-16-7-11(6-15-16)5-12(8-13,9-14)10(2)3/h6-7,10H,4-5,8-9H2,1-3H3. The van der Waals surface area contributed by atoms with Crippen LogP contribution in [0.25, 0.3) is 0 Å². The first-order valence-electron chi connectivity index (χ1n) is 5.71. The van der Waals surface area contributed by atoms with E-state index in [2.05, 4.69) is 63.9 Å². The lowest BCUT2D eigenvalue weighted by Gasteiger charge is -2.34. The molecule has 2 nitrogen and oxygen atoms in total. The third kappa shape index (κ3) is 3.10. The quantitative estimate of drug-likeness (QED) is 0.711. The Morgan fingerprint density at radius 2 is 2.00 bits per heavy atom. The molecule has 0 aromatic carbocycles. The lowest BCUT2D eigenvalue weighted by molar-refractivity contribution is 0.268. The number of alkyl halides is 2. The molecule has 0 saturated heterocycles. The molecule has 0 radical (unpaired) electrons. The molecular weight excluding hydrogens is 332 g/mol. The maximum Gasteiger partial charge on any atom is 0.0521 e. The third-order valence-electron chi connectivity index (χ3n) is 3.32. The normalized spacial score (nSPS) is 12.4. The average molecular weight is 352 g/mol. The first kappa shape index (κ1) is 14.2. The summed E-state index contributed by atoms with van der Waals surface area (Å²) in [6.45, 7) is 7.62. The predicted molar refractivity (Wildman–Crippen MR) is 76.5 cm³/mol. The lowest BCUT2D eigenvalue weighted by Crippen LogP contribution is -2.33. The third-order valence-corrected chi connectivity index (χ3v) is 5.56. The second-order valence-electron chi connectivity index (χ2n) is 4.67. The Morgan fingerprint density at radius 1 is 1.38 bits per heavy atom. The molecule has 1 aromatic heterocycles. The van der Waals surface area contributed by atoms with Gasteiger partial charge in [0.05, 0.1) is 6.20 Å². The van der Waals surface area contributed by atoms with Gasteiger partial charge in [0.15, 0.2) is 0 Å². The fourth-order valence-electron chi connectivity index (χ4n) is 1.72. The molecule has 0 unspecified atom stereocenters. The Labute approximate surface area is 115 Å². The van der Waals surface area contributed by atoms with Crippen LogP contribution in [0.1, 0.15) is 26.3 Å². The van der Waals surface area contributed by atoms with Crippen molar-refractivity contribution in [3.8, 4) is 0 Å². The van der Waals surface area contributed by atoms with Gasteiger partial charge in [0.1, 0.15) is 0 Å². The zero-order valence-corrected chi connectivity index (χ0v) is 13.4. The van der Waals surface area contributed by atoms with E-state index in [1.807, 2.05) is 10.9 Å². The molecule has 16 heavy (non-hydrogen) atoms. The second-order valence-corrected chi connectivity index (χ2v) is 5.79. The van der Waals surface area contributed by atoms with Gasteiger partial charge in [-0.2, -0.15) is 5.10 Å². The van der Waals surface area contributed by atoms with E-state index in [1.165, 1.54) is 5.56 Å². The van der Waals surface area contributed by atoms with Gasteiger partial charge in [-0.3, -0.25) is 4.68 Å². The SMILES string of the molecule is CCn1cc(CC(CBr)(CBr)C(C)C)cn1. The maximum absolute atomic E-state index is 4.33. The minimum absolute atomic E-state index is 0.279. The number of hydrogen-bond donors (Lipinski definition) is 0. The Kier molecular flexibility index (Phi) is 5.51. The van der Waals surface area contributed by atoms with E-state index < -0.39 is 0 Å². The van der Waals surface area contributed by atoms with Crippen LogP contribution in [0.2, 0.25) is 0 Å². The van der Waals surface area contributed by atoms with Crippen LogP contribution in [0.3, 0.4) is 0 Å². The van der Waals surface area contributed by atoms with Gasteiger partial charge in [0.25, 0.3) is 0 Å². The summed E-state index contributed by atoms with van der Waals surface area (Å²) in [6, 6.07) is 0. The van der Waals surface area contributed by atoms with Crippen molar-refractivity contribution >= 4 is 31.9 Å².